The van der Waals surface area contributed by atoms with E-state index in [-0.39, 0.29) is 5.75 Å². The molecule has 0 bridgehead atoms. The average Bonchev–Trinajstić information content (AvgIpc) is 2.58. The molecular formula is C18H17F2N3OS. The number of amidine groups is 1. The number of benzene rings is 2. The van der Waals surface area contributed by atoms with E-state index in [1.807, 2.05) is 26.0 Å². The minimum Gasteiger partial charge on any atom is -0.435 e. The SMILES string of the molecule is Cc1ccc(N=C2NN=C(c3ccc(OC(F)F)cc3)CS2)c(C)c1. The Hall–Kier alpha value is -2.41. The summed E-state index contributed by atoms with van der Waals surface area (Å²) in [7, 11) is 0. The fourth-order valence-electron chi connectivity index (χ4n) is 2.39. The minimum atomic E-state index is -2.82. The first-order chi connectivity index (χ1) is 12.0. The van der Waals surface area contributed by atoms with Gasteiger partial charge in [-0.1, -0.05) is 29.5 Å². The fraction of sp³-hybridized carbons (Fsp3) is 0.222. The Kier molecular flexibility index (Phi) is 5.33. The van der Waals surface area contributed by atoms with E-state index in [1.165, 1.54) is 17.7 Å². The van der Waals surface area contributed by atoms with Crippen LogP contribution in [-0.4, -0.2) is 23.2 Å². The van der Waals surface area contributed by atoms with Gasteiger partial charge in [0.2, 0.25) is 0 Å². The first-order valence-electron chi connectivity index (χ1n) is 7.68. The number of thioether (sulfide) groups is 1. The average molecular weight is 361 g/mol. The third-order valence-electron chi connectivity index (χ3n) is 3.62. The molecule has 25 heavy (non-hydrogen) atoms. The highest BCUT2D eigenvalue weighted by atomic mass is 32.2. The summed E-state index contributed by atoms with van der Waals surface area (Å²) in [6, 6.07) is 12.5. The second-order valence-electron chi connectivity index (χ2n) is 5.57. The molecule has 0 spiro atoms. The summed E-state index contributed by atoms with van der Waals surface area (Å²) >= 11 is 1.55. The molecule has 0 amide bonds. The summed E-state index contributed by atoms with van der Waals surface area (Å²) in [5, 5.41) is 5.07. The highest BCUT2D eigenvalue weighted by molar-refractivity contribution is 8.14. The first-order valence-corrected chi connectivity index (χ1v) is 8.66. The largest absolute Gasteiger partial charge is 0.435 e. The van der Waals surface area contributed by atoms with Crippen LogP contribution in [0.15, 0.2) is 52.6 Å². The van der Waals surface area contributed by atoms with E-state index in [0.29, 0.717) is 5.75 Å². The molecule has 130 valence electrons. The number of hydrogen-bond acceptors (Lipinski definition) is 4. The van der Waals surface area contributed by atoms with Crippen molar-refractivity contribution in [1.82, 2.24) is 5.43 Å². The predicted molar refractivity (Wildman–Crippen MR) is 98.2 cm³/mol. The van der Waals surface area contributed by atoms with Gasteiger partial charge in [0.1, 0.15) is 5.75 Å². The zero-order valence-corrected chi connectivity index (χ0v) is 14.6. The lowest BCUT2D eigenvalue weighted by Gasteiger charge is -2.15. The van der Waals surface area contributed by atoms with Gasteiger partial charge in [-0.3, -0.25) is 5.43 Å². The number of hydrazone groups is 1. The maximum atomic E-state index is 12.2. The smallest absolute Gasteiger partial charge is 0.387 e. The molecule has 2 aromatic rings. The topological polar surface area (TPSA) is 46.0 Å². The Morgan fingerprint density at radius 2 is 1.92 bits per heavy atom. The van der Waals surface area contributed by atoms with Gasteiger partial charge in [-0.15, -0.1) is 0 Å². The second-order valence-corrected chi connectivity index (χ2v) is 6.53. The molecule has 0 radical (unpaired) electrons. The molecule has 3 rings (SSSR count). The van der Waals surface area contributed by atoms with E-state index in [4.69, 9.17) is 0 Å². The Labute approximate surface area is 149 Å². The van der Waals surface area contributed by atoms with Gasteiger partial charge in [-0.2, -0.15) is 13.9 Å². The number of nitrogens with zero attached hydrogens (tertiary/aromatic N) is 2. The number of alkyl halides is 2. The molecule has 1 aliphatic rings. The van der Waals surface area contributed by atoms with Gasteiger partial charge < -0.3 is 4.74 Å². The van der Waals surface area contributed by atoms with E-state index in [0.717, 1.165) is 27.7 Å². The van der Waals surface area contributed by atoms with Gasteiger partial charge in [-0.05, 0) is 55.3 Å². The van der Waals surface area contributed by atoms with Crippen molar-refractivity contribution < 1.29 is 13.5 Å². The van der Waals surface area contributed by atoms with Gasteiger partial charge in [0.05, 0.1) is 11.4 Å². The predicted octanol–water partition coefficient (Wildman–Crippen LogP) is 4.63. The summed E-state index contributed by atoms with van der Waals surface area (Å²) in [6.45, 7) is 1.25. The van der Waals surface area contributed by atoms with Crippen LogP contribution in [0.2, 0.25) is 0 Å². The molecule has 0 fully saturated rings. The molecule has 1 heterocycles. The Balaban J connectivity index is 1.70. The van der Waals surface area contributed by atoms with Crippen molar-refractivity contribution in [2.45, 2.75) is 20.5 Å². The standard InChI is InChI=1S/C18H17F2N3OS/c1-11-3-8-15(12(2)9-11)21-18-23-22-16(10-25-18)13-4-6-14(7-5-13)24-17(19)20/h3-9,17H,10H2,1-2H3,(H,21,23). The van der Waals surface area contributed by atoms with Crippen molar-refractivity contribution in [3.05, 3.63) is 59.2 Å². The summed E-state index contributed by atoms with van der Waals surface area (Å²) in [5.74, 6) is 0.777. The molecule has 7 heteroatoms. The molecule has 0 unspecified atom stereocenters. The number of rotatable bonds is 4. The van der Waals surface area contributed by atoms with E-state index in [2.05, 4.69) is 26.3 Å². The van der Waals surface area contributed by atoms with Crippen LogP contribution in [0.3, 0.4) is 0 Å². The van der Waals surface area contributed by atoms with Gasteiger partial charge in [0.15, 0.2) is 5.17 Å². The normalized spacial score (nSPS) is 15.9. The van der Waals surface area contributed by atoms with E-state index < -0.39 is 6.61 Å². The molecule has 0 saturated carbocycles. The van der Waals surface area contributed by atoms with Gasteiger partial charge >= 0.3 is 6.61 Å². The lowest BCUT2D eigenvalue weighted by molar-refractivity contribution is -0.0498. The Bertz CT molecular complexity index is 820. The van der Waals surface area contributed by atoms with Gasteiger partial charge in [0, 0.05) is 5.75 Å². The molecule has 0 saturated heterocycles. The number of ether oxygens (including phenoxy) is 1. The van der Waals surface area contributed by atoms with Crippen LogP contribution >= 0.6 is 11.8 Å². The lowest BCUT2D eigenvalue weighted by Crippen LogP contribution is -2.25. The number of nitrogens with one attached hydrogen (secondary N) is 1. The third-order valence-corrected chi connectivity index (χ3v) is 4.49. The maximum absolute atomic E-state index is 12.2. The molecule has 1 N–H and O–H groups in total. The summed E-state index contributed by atoms with van der Waals surface area (Å²) in [4.78, 5) is 4.59. The lowest BCUT2D eigenvalue weighted by atomic mass is 10.1. The number of aliphatic imine (C=N–C) groups is 1. The van der Waals surface area contributed by atoms with Gasteiger partial charge in [-0.25, -0.2) is 4.99 Å². The molecule has 0 aliphatic carbocycles. The zero-order valence-electron chi connectivity index (χ0n) is 13.8. The van der Waals surface area contributed by atoms with Crippen molar-refractivity contribution >= 4 is 28.3 Å². The van der Waals surface area contributed by atoms with E-state index in [1.54, 1.807) is 23.9 Å². The van der Waals surface area contributed by atoms with Crippen LogP contribution < -0.4 is 10.2 Å². The van der Waals surface area contributed by atoms with Crippen molar-refractivity contribution in [3.63, 3.8) is 0 Å². The van der Waals surface area contributed by atoms with Crippen LogP contribution in [0.25, 0.3) is 0 Å². The van der Waals surface area contributed by atoms with Crippen molar-refractivity contribution in [1.29, 1.82) is 0 Å². The quantitative estimate of drug-likeness (QED) is 0.863. The fourth-order valence-corrected chi connectivity index (χ4v) is 3.17. The number of hydrogen-bond donors (Lipinski definition) is 1. The van der Waals surface area contributed by atoms with Crippen molar-refractivity contribution in [2.75, 3.05) is 5.75 Å². The molecule has 4 nitrogen and oxygen atoms in total. The van der Waals surface area contributed by atoms with Crippen LogP contribution in [0, 0.1) is 13.8 Å². The Morgan fingerprint density at radius 3 is 2.52 bits per heavy atom. The molecule has 1 aliphatic heterocycles. The van der Waals surface area contributed by atoms with Crippen LogP contribution in [-0.2, 0) is 0 Å². The zero-order chi connectivity index (χ0) is 17.8. The third kappa shape index (κ3) is 4.57. The maximum Gasteiger partial charge on any atom is 0.387 e. The number of aryl methyl sites for hydroxylation is 2. The van der Waals surface area contributed by atoms with Crippen molar-refractivity contribution in [3.8, 4) is 5.75 Å². The van der Waals surface area contributed by atoms with Crippen LogP contribution in [0.4, 0.5) is 14.5 Å². The second kappa shape index (κ2) is 7.65. The Morgan fingerprint density at radius 1 is 1.16 bits per heavy atom. The summed E-state index contributed by atoms with van der Waals surface area (Å²) in [5.41, 5.74) is 7.86. The monoisotopic (exact) mass is 361 g/mol. The highest BCUT2D eigenvalue weighted by Gasteiger charge is 2.14. The van der Waals surface area contributed by atoms with E-state index >= 15 is 0 Å². The minimum absolute atomic E-state index is 0.132. The van der Waals surface area contributed by atoms with Crippen molar-refractivity contribution in [2.24, 2.45) is 10.1 Å². The molecular weight excluding hydrogens is 344 g/mol. The summed E-state index contributed by atoms with van der Waals surface area (Å²) in [6.07, 6.45) is 0. The van der Waals surface area contributed by atoms with Crippen LogP contribution in [0.1, 0.15) is 16.7 Å². The summed E-state index contributed by atoms with van der Waals surface area (Å²) < 4.78 is 28.7. The first kappa shape index (κ1) is 17.4. The molecule has 0 atom stereocenters. The van der Waals surface area contributed by atoms with E-state index in [9.17, 15) is 8.78 Å². The molecule has 2 aromatic carbocycles. The highest BCUT2D eigenvalue weighted by Crippen LogP contribution is 2.23. The van der Waals surface area contributed by atoms with Gasteiger partial charge in [0.25, 0.3) is 0 Å². The number of halogens is 2. The van der Waals surface area contributed by atoms with Crippen LogP contribution in [0.5, 0.6) is 5.75 Å². The molecule has 0 aromatic heterocycles.